The molecule has 208 valence electrons. The van der Waals surface area contributed by atoms with Gasteiger partial charge in [-0.05, 0) is 73.9 Å². The minimum atomic E-state index is 0.0107. The van der Waals surface area contributed by atoms with Crippen molar-refractivity contribution in [1.82, 2.24) is 24.0 Å². The average Bonchev–Trinajstić information content (AvgIpc) is 3.37. The Bertz CT molecular complexity index is 1790. The fraction of sp³-hybridized carbons (Fsp3) is 0.364. The molecule has 8 heteroatoms. The molecule has 3 aliphatic rings. The highest BCUT2D eigenvalue weighted by atomic mass is 16.5. The van der Waals surface area contributed by atoms with Gasteiger partial charge in [-0.15, -0.1) is 0 Å². The van der Waals surface area contributed by atoms with Gasteiger partial charge in [0.2, 0.25) is 0 Å². The number of hydrogen-bond donors (Lipinski definition) is 1. The van der Waals surface area contributed by atoms with Crippen LogP contribution >= 0.6 is 0 Å². The highest BCUT2D eigenvalue weighted by molar-refractivity contribution is 6.00. The number of likely N-dealkylation sites (tertiary alicyclic amines) is 1. The van der Waals surface area contributed by atoms with Crippen LogP contribution < -0.4 is 10.5 Å². The zero-order valence-corrected chi connectivity index (χ0v) is 23.2. The lowest BCUT2D eigenvalue weighted by Gasteiger charge is -2.27. The normalized spacial score (nSPS) is 21.8. The summed E-state index contributed by atoms with van der Waals surface area (Å²) in [5.41, 5.74) is 11.9. The lowest BCUT2D eigenvalue weighted by molar-refractivity contribution is 0.0700. The third-order valence-corrected chi connectivity index (χ3v) is 9.41. The Kier molecular flexibility index (Phi) is 5.67. The van der Waals surface area contributed by atoms with Gasteiger partial charge in [0.1, 0.15) is 11.3 Å². The predicted octanol–water partition coefficient (Wildman–Crippen LogP) is 5.08. The molecule has 5 aromatic rings. The van der Waals surface area contributed by atoms with E-state index in [2.05, 4.69) is 44.5 Å². The van der Waals surface area contributed by atoms with E-state index in [1.165, 1.54) is 23.7 Å². The number of imidazole rings is 1. The lowest BCUT2D eigenvalue weighted by Crippen LogP contribution is -2.41. The van der Waals surface area contributed by atoms with E-state index in [4.69, 9.17) is 15.5 Å². The fourth-order valence-corrected chi connectivity index (χ4v) is 7.11. The summed E-state index contributed by atoms with van der Waals surface area (Å²) in [6.45, 7) is 2.23. The van der Waals surface area contributed by atoms with Crippen LogP contribution in [0.1, 0.15) is 41.7 Å². The number of benzene rings is 2. The quantitative estimate of drug-likeness (QED) is 0.307. The fourth-order valence-electron chi connectivity index (χ4n) is 7.11. The van der Waals surface area contributed by atoms with Crippen LogP contribution in [0.3, 0.4) is 0 Å². The summed E-state index contributed by atoms with van der Waals surface area (Å²) >= 11 is 0. The standard InChI is InChI=1S/C33H34N6O2/c1-41-29-16-23(33(40)38-18-22-11-12-27(38)30(22)34)14-25-31(29)39(19-24-7-4-5-13-35-24)32(36-25)28-15-21-6-2-3-8-26(21)37(28)17-20-9-10-20/h2-8,13-16,20,22,27,30H,9-12,17-19,34H2,1H3/t22-,27-,30-/m1/s1. The van der Waals surface area contributed by atoms with Crippen molar-refractivity contribution in [2.24, 2.45) is 17.6 Å². The number of ether oxygens (including phenoxy) is 1. The maximum absolute atomic E-state index is 13.8. The molecule has 2 aromatic carbocycles. The molecule has 0 unspecified atom stereocenters. The summed E-state index contributed by atoms with van der Waals surface area (Å²) < 4.78 is 10.6. The Hall–Kier alpha value is -4.17. The molecular weight excluding hydrogens is 512 g/mol. The van der Waals surface area contributed by atoms with Crippen LogP contribution in [0.15, 0.2) is 66.9 Å². The van der Waals surface area contributed by atoms with Crippen LogP contribution in [0.2, 0.25) is 0 Å². The predicted molar refractivity (Wildman–Crippen MR) is 159 cm³/mol. The van der Waals surface area contributed by atoms with Gasteiger partial charge in [0, 0.05) is 47.8 Å². The van der Waals surface area contributed by atoms with Gasteiger partial charge in [-0.2, -0.15) is 0 Å². The number of nitrogens with two attached hydrogens (primary N) is 1. The number of amides is 1. The maximum Gasteiger partial charge on any atom is 0.254 e. The molecule has 8 rings (SSSR count). The van der Waals surface area contributed by atoms with Gasteiger partial charge in [0.15, 0.2) is 5.82 Å². The van der Waals surface area contributed by atoms with E-state index < -0.39 is 0 Å². The van der Waals surface area contributed by atoms with Crippen LogP contribution in [0.25, 0.3) is 33.5 Å². The van der Waals surface area contributed by atoms with E-state index in [9.17, 15) is 4.79 Å². The van der Waals surface area contributed by atoms with Crippen molar-refractivity contribution in [3.05, 3.63) is 78.1 Å². The minimum Gasteiger partial charge on any atom is -0.494 e. The third-order valence-electron chi connectivity index (χ3n) is 9.41. The molecular formula is C33H34N6O2. The second-order valence-corrected chi connectivity index (χ2v) is 12.0. The first kappa shape index (κ1) is 24.6. The van der Waals surface area contributed by atoms with E-state index in [0.717, 1.165) is 54.2 Å². The molecule has 1 saturated heterocycles. The summed E-state index contributed by atoms with van der Waals surface area (Å²) in [4.78, 5) is 25.7. The first-order chi connectivity index (χ1) is 20.1. The molecule has 1 amide bonds. The molecule has 3 fully saturated rings. The minimum absolute atomic E-state index is 0.0107. The number of carbonyl (C=O) groups excluding carboxylic acids is 1. The molecule has 0 spiro atoms. The van der Waals surface area contributed by atoms with Crippen molar-refractivity contribution >= 4 is 27.8 Å². The molecule has 1 aliphatic heterocycles. The molecule has 0 radical (unpaired) electrons. The van der Waals surface area contributed by atoms with Crippen molar-refractivity contribution in [3.63, 3.8) is 0 Å². The number of rotatable bonds is 7. The topological polar surface area (TPSA) is 91.2 Å². The zero-order valence-electron chi connectivity index (χ0n) is 23.2. The van der Waals surface area contributed by atoms with Crippen LogP contribution in [0.5, 0.6) is 5.75 Å². The van der Waals surface area contributed by atoms with Gasteiger partial charge in [0.05, 0.1) is 30.6 Å². The smallest absolute Gasteiger partial charge is 0.254 e. The summed E-state index contributed by atoms with van der Waals surface area (Å²) in [6.07, 6.45) is 6.43. The van der Waals surface area contributed by atoms with E-state index in [-0.39, 0.29) is 18.0 Å². The summed E-state index contributed by atoms with van der Waals surface area (Å²) in [7, 11) is 1.67. The van der Waals surface area contributed by atoms with E-state index in [0.29, 0.717) is 29.7 Å². The summed E-state index contributed by atoms with van der Waals surface area (Å²) in [6, 6.07) is 20.8. The number of hydrogen-bond acceptors (Lipinski definition) is 5. The lowest BCUT2D eigenvalue weighted by atomic mass is 10.1. The Morgan fingerprint density at radius 2 is 1.88 bits per heavy atom. The molecule has 3 atom stereocenters. The molecule has 41 heavy (non-hydrogen) atoms. The molecule has 2 bridgehead atoms. The number of nitrogens with zero attached hydrogens (tertiary/aromatic N) is 5. The number of aromatic nitrogens is 4. The molecule has 2 aliphatic carbocycles. The Morgan fingerprint density at radius 1 is 1.02 bits per heavy atom. The van der Waals surface area contributed by atoms with E-state index in [1.807, 2.05) is 41.4 Å². The highest BCUT2D eigenvalue weighted by Gasteiger charge is 2.47. The van der Waals surface area contributed by atoms with Crippen LogP contribution in [-0.2, 0) is 13.1 Å². The number of pyridine rings is 1. The third kappa shape index (κ3) is 4.03. The monoisotopic (exact) mass is 546 g/mol. The van der Waals surface area contributed by atoms with Gasteiger partial charge >= 0.3 is 0 Å². The first-order valence-electron chi connectivity index (χ1n) is 14.7. The van der Waals surface area contributed by atoms with E-state index in [1.54, 1.807) is 7.11 Å². The summed E-state index contributed by atoms with van der Waals surface area (Å²) in [5.74, 6) is 2.59. The van der Waals surface area contributed by atoms with Crippen LogP contribution in [-0.4, -0.2) is 55.6 Å². The average molecular weight is 547 g/mol. The second-order valence-electron chi connectivity index (χ2n) is 12.0. The molecule has 8 nitrogen and oxygen atoms in total. The number of fused-ring (bicyclic) bond motifs is 4. The Labute approximate surface area is 238 Å². The molecule has 2 N–H and O–H groups in total. The van der Waals surface area contributed by atoms with Crippen molar-refractivity contribution in [2.45, 2.75) is 50.9 Å². The van der Waals surface area contributed by atoms with Crippen molar-refractivity contribution in [1.29, 1.82) is 0 Å². The zero-order chi connectivity index (χ0) is 27.7. The number of methoxy groups -OCH3 is 1. The van der Waals surface area contributed by atoms with Gasteiger partial charge in [-0.3, -0.25) is 9.78 Å². The number of carbonyl (C=O) groups is 1. The van der Waals surface area contributed by atoms with Crippen molar-refractivity contribution < 1.29 is 9.53 Å². The maximum atomic E-state index is 13.8. The molecule has 3 aromatic heterocycles. The highest BCUT2D eigenvalue weighted by Crippen LogP contribution is 2.40. The van der Waals surface area contributed by atoms with E-state index >= 15 is 0 Å². The number of para-hydroxylation sites is 1. The molecule has 4 heterocycles. The largest absolute Gasteiger partial charge is 0.494 e. The number of piperidine rings is 1. The second kappa shape index (κ2) is 9.45. The molecule has 2 saturated carbocycles. The van der Waals surface area contributed by atoms with Gasteiger partial charge in [-0.25, -0.2) is 4.98 Å². The van der Waals surface area contributed by atoms with Gasteiger partial charge < -0.3 is 24.5 Å². The van der Waals surface area contributed by atoms with Crippen LogP contribution in [0.4, 0.5) is 0 Å². The Balaban J connectivity index is 1.31. The summed E-state index contributed by atoms with van der Waals surface area (Å²) in [5, 5.41) is 1.20. The SMILES string of the molecule is COc1cc(C(=O)N2C[C@H]3CC[C@@H]2[C@@H]3N)cc2nc(-c3cc4ccccc4n3CC3CC3)n(Cc3ccccn3)c12. The van der Waals surface area contributed by atoms with Gasteiger partial charge in [-0.1, -0.05) is 24.3 Å². The van der Waals surface area contributed by atoms with Crippen molar-refractivity contribution in [3.8, 4) is 17.3 Å². The first-order valence-corrected chi connectivity index (χ1v) is 14.7. The Morgan fingerprint density at radius 3 is 2.61 bits per heavy atom. The van der Waals surface area contributed by atoms with Crippen molar-refractivity contribution in [2.75, 3.05) is 13.7 Å². The van der Waals surface area contributed by atoms with Gasteiger partial charge in [0.25, 0.3) is 5.91 Å². The van der Waals surface area contributed by atoms with Crippen LogP contribution in [0, 0.1) is 11.8 Å².